The number of thiazole rings is 1. The molecule has 176 valence electrons. The largest absolute Gasteiger partial charge is 0.325 e. The first-order valence-electron chi connectivity index (χ1n) is 11.1. The average Bonchev–Trinajstić information content (AvgIpc) is 3.51. The average molecular weight is 495 g/mol. The number of aromatic nitrogens is 4. The van der Waals surface area contributed by atoms with Gasteiger partial charge in [0.15, 0.2) is 5.82 Å². The van der Waals surface area contributed by atoms with Crippen LogP contribution in [0.3, 0.4) is 0 Å². The quantitative estimate of drug-likeness (QED) is 0.411. The molecule has 2 amide bonds. The zero-order valence-corrected chi connectivity index (χ0v) is 19.8. The van der Waals surface area contributed by atoms with E-state index in [-0.39, 0.29) is 22.6 Å². The monoisotopic (exact) mass is 494 g/mol. The number of amides is 2. The number of pyridine rings is 1. The molecule has 3 aromatic heterocycles. The molecule has 0 fully saturated rings. The molecule has 9 nitrogen and oxygen atoms in total. The second kappa shape index (κ2) is 8.51. The summed E-state index contributed by atoms with van der Waals surface area (Å²) < 4.78 is 1.46. The summed E-state index contributed by atoms with van der Waals surface area (Å²) >= 11 is 1.11. The molecule has 0 saturated carbocycles. The molecule has 0 spiro atoms. The van der Waals surface area contributed by atoms with Crippen LogP contribution in [0.1, 0.15) is 11.1 Å². The zero-order valence-electron chi connectivity index (χ0n) is 19.0. The van der Waals surface area contributed by atoms with Crippen LogP contribution in [0, 0.1) is 6.92 Å². The summed E-state index contributed by atoms with van der Waals surface area (Å²) in [5, 5.41) is 7.19. The Morgan fingerprint density at radius 2 is 1.83 bits per heavy atom. The Hall–Kier alpha value is -4.70. The Bertz CT molecular complexity index is 1780. The van der Waals surface area contributed by atoms with Crippen molar-refractivity contribution in [3.8, 4) is 11.4 Å². The van der Waals surface area contributed by atoms with E-state index in [1.165, 1.54) is 9.42 Å². The lowest BCUT2D eigenvalue weighted by molar-refractivity contribution is -0.118. The van der Waals surface area contributed by atoms with Crippen LogP contribution in [-0.2, 0) is 9.59 Å². The van der Waals surface area contributed by atoms with Crippen LogP contribution < -0.4 is 20.3 Å². The van der Waals surface area contributed by atoms with Gasteiger partial charge in [0.2, 0.25) is 10.9 Å². The van der Waals surface area contributed by atoms with Crippen LogP contribution in [0.4, 0.5) is 11.4 Å². The summed E-state index contributed by atoms with van der Waals surface area (Å²) in [5.74, 6) is -0.339. The molecule has 0 atom stereocenters. The van der Waals surface area contributed by atoms with Gasteiger partial charge in [0.1, 0.15) is 11.1 Å². The van der Waals surface area contributed by atoms with Crippen LogP contribution >= 0.6 is 11.3 Å². The fourth-order valence-electron chi connectivity index (χ4n) is 4.23. The lowest BCUT2D eigenvalue weighted by atomic mass is 10.1. The van der Waals surface area contributed by atoms with Gasteiger partial charge in [0.05, 0.1) is 11.3 Å². The molecule has 0 aliphatic carbocycles. The third-order valence-electron chi connectivity index (χ3n) is 5.85. The molecule has 0 unspecified atom stereocenters. The van der Waals surface area contributed by atoms with Crippen molar-refractivity contribution in [2.24, 2.45) is 0 Å². The number of rotatable bonds is 4. The molecule has 4 heterocycles. The molecule has 2 aromatic carbocycles. The van der Waals surface area contributed by atoms with E-state index in [0.717, 1.165) is 22.5 Å². The van der Waals surface area contributed by atoms with E-state index in [2.05, 4.69) is 20.4 Å². The molecule has 1 aliphatic rings. The number of nitrogens with zero attached hydrogens (tertiary/aromatic N) is 5. The molecular formula is C26H18N6O3S. The normalized spacial score (nSPS) is 14.4. The molecule has 0 radical (unpaired) electrons. The maximum atomic E-state index is 13.6. The summed E-state index contributed by atoms with van der Waals surface area (Å²) in [7, 11) is 0. The van der Waals surface area contributed by atoms with E-state index < -0.39 is 11.5 Å². The van der Waals surface area contributed by atoms with E-state index in [4.69, 9.17) is 0 Å². The molecule has 1 N–H and O–H groups in total. The molecule has 6 rings (SSSR count). The fraction of sp³-hybridized carbons (Fsp3) is 0.0769. The number of carbonyl (C=O) groups excluding carboxylic acids is 2. The number of hydrogen-bond acceptors (Lipinski definition) is 7. The number of carbonyl (C=O) groups is 2. The number of aryl methyl sites for hydroxylation is 1. The van der Waals surface area contributed by atoms with Crippen molar-refractivity contribution >= 4 is 45.1 Å². The fourth-order valence-corrected chi connectivity index (χ4v) is 5.23. The number of fused-ring (bicyclic) bond motifs is 2. The summed E-state index contributed by atoms with van der Waals surface area (Å²) in [6, 6.07) is 18.1. The highest BCUT2D eigenvalue weighted by molar-refractivity contribution is 7.15. The molecule has 1 aliphatic heterocycles. The summed E-state index contributed by atoms with van der Waals surface area (Å²) in [6.07, 6.45) is 3.25. The molecule has 0 saturated heterocycles. The predicted octanol–water partition coefficient (Wildman–Crippen LogP) is 2.42. The molecule has 0 bridgehead atoms. The summed E-state index contributed by atoms with van der Waals surface area (Å²) in [6.45, 7) is 1.75. The third kappa shape index (κ3) is 3.64. The highest BCUT2D eigenvalue weighted by atomic mass is 32.1. The smallest absolute Gasteiger partial charge is 0.291 e. The number of nitrogens with one attached hydrogen (secondary N) is 1. The van der Waals surface area contributed by atoms with Gasteiger partial charge in [-0.2, -0.15) is 9.50 Å². The Morgan fingerprint density at radius 1 is 1.03 bits per heavy atom. The predicted molar refractivity (Wildman–Crippen MR) is 137 cm³/mol. The highest BCUT2D eigenvalue weighted by Gasteiger charge is 2.35. The zero-order chi connectivity index (χ0) is 24.8. The van der Waals surface area contributed by atoms with Crippen molar-refractivity contribution in [1.29, 1.82) is 0 Å². The lowest BCUT2D eigenvalue weighted by Gasteiger charge is -2.16. The van der Waals surface area contributed by atoms with E-state index in [1.807, 2.05) is 25.1 Å². The van der Waals surface area contributed by atoms with Crippen molar-refractivity contribution in [3.63, 3.8) is 0 Å². The van der Waals surface area contributed by atoms with Crippen LogP contribution in [0.25, 0.3) is 21.9 Å². The SMILES string of the molecule is Cc1cccc(NC(=O)CN2C(=O)/C(=c3\sc4nc(-c5ccncc5)nn4c3=O)c3ccccc32)c1. The van der Waals surface area contributed by atoms with Gasteiger partial charge in [0, 0.05) is 29.2 Å². The molecular weight excluding hydrogens is 476 g/mol. The molecule has 5 aromatic rings. The second-order valence-electron chi connectivity index (χ2n) is 8.30. The van der Waals surface area contributed by atoms with Crippen molar-refractivity contribution in [2.75, 3.05) is 16.8 Å². The number of benzene rings is 2. The van der Waals surface area contributed by atoms with Crippen LogP contribution in [-0.4, -0.2) is 37.9 Å². The minimum Gasteiger partial charge on any atom is -0.325 e. The summed E-state index contributed by atoms with van der Waals surface area (Å²) in [5.41, 5.74) is 3.41. The van der Waals surface area contributed by atoms with Gasteiger partial charge >= 0.3 is 0 Å². The van der Waals surface area contributed by atoms with Gasteiger partial charge < -0.3 is 5.32 Å². The van der Waals surface area contributed by atoms with Crippen LogP contribution in [0.15, 0.2) is 77.9 Å². The van der Waals surface area contributed by atoms with Gasteiger partial charge in [-0.1, -0.05) is 41.7 Å². The highest BCUT2D eigenvalue weighted by Crippen LogP contribution is 2.35. The maximum absolute atomic E-state index is 13.6. The first kappa shape index (κ1) is 21.8. The van der Waals surface area contributed by atoms with Crippen molar-refractivity contribution in [3.05, 3.63) is 99.1 Å². The van der Waals surface area contributed by atoms with Gasteiger partial charge in [-0.25, -0.2) is 0 Å². The minimum absolute atomic E-state index is 0.186. The van der Waals surface area contributed by atoms with Crippen LogP contribution in [0.5, 0.6) is 0 Å². The van der Waals surface area contributed by atoms with E-state index in [1.54, 1.807) is 54.9 Å². The van der Waals surface area contributed by atoms with Gasteiger partial charge in [-0.15, -0.1) is 5.10 Å². The third-order valence-corrected chi connectivity index (χ3v) is 6.88. The molecule has 10 heteroatoms. The minimum atomic E-state index is -0.424. The summed E-state index contributed by atoms with van der Waals surface area (Å²) in [4.78, 5) is 49.9. The van der Waals surface area contributed by atoms with Crippen molar-refractivity contribution in [2.45, 2.75) is 6.92 Å². The standard InChI is InChI=1S/C26H18N6O3S/c1-15-5-4-6-17(13-15)28-20(33)14-31-19-8-3-2-7-18(19)21(24(31)34)22-25(35)32-26(36-22)29-23(30-32)16-9-11-27-12-10-16/h2-13H,14H2,1H3,(H,28,33)/b22-21-. The van der Waals surface area contributed by atoms with Gasteiger partial charge in [-0.3, -0.25) is 24.3 Å². The van der Waals surface area contributed by atoms with E-state index >= 15 is 0 Å². The van der Waals surface area contributed by atoms with E-state index in [0.29, 0.717) is 27.7 Å². The first-order valence-corrected chi connectivity index (χ1v) is 11.9. The Balaban J connectivity index is 1.39. The topological polar surface area (TPSA) is 110 Å². The Morgan fingerprint density at radius 3 is 2.61 bits per heavy atom. The Labute approximate surface area is 208 Å². The maximum Gasteiger partial charge on any atom is 0.291 e. The van der Waals surface area contributed by atoms with Gasteiger partial charge in [0.25, 0.3) is 11.5 Å². The number of anilines is 2. The van der Waals surface area contributed by atoms with Crippen molar-refractivity contribution < 1.29 is 9.59 Å². The lowest BCUT2D eigenvalue weighted by Crippen LogP contribution is -2.37. The second-order valence-corrected chi connectivity index (χ2v) is 9.28. The Kier molecular flexibility index (Phi) is 5.15. The van der Waals surface area contributed by atoms with Gasteiger partial charge in [-0.05, 0) is 42.8 Å². The number of hydrogen-bond donors (Lipinski definition) is 1. The molecule has 36 heavy (non-hydrogen) atoms. The number of para-hydroxylation sites is 1. The van der Waals surface area contributed by atoms with Crippen molar-refractivity contribution in [1.82, 2.24) is 19.6 Å². The first-order chi connectivity index (χ1) is 17.5. The van der Waals surface area contributed by atoms with Crippen LogP contribution in [0.2, 0.25) is 0 Å². The van der Waals surface area contributed by atoms with E-state index in [9.17, 15) is 14.4 Å².